The third-order valence-corrected chi connectivity index (χ3v) is 5.15. The second-order valence-electron chi connectivity index (χ2n) is 7.48. The molecular formula is C25H30N4O7. The van der Waals surface area contributed by atoms with Crippen LogP contribution in [0.4, 0.5) is 5.69 Å². The van der Waals surface area contributed by atoms with E-state index in [9.17, 15) is 9.59 Å². The number of nitrogens with one attached hydrogen (secondary N) is 2. The smallest absolute Gasteiger partial charge is 0.273 e. The summed E-state index contributed by atoms with van der Waals surface area (Å²) in [7, 11) is 4.57. The first-order chi connectivity index (χ1) is 17.5. The van der Waals surface area contributed by atoms with Crippen LogP contribution in [0.5, 0.6) is 23.0 Å². The minimum Gasteiger partial charge on any atom is -0.493 e. The van der Waals surface area contributed by atoms with Crippen molar-refractivity contribution in [3.05, 3.63) is 52.4 Å². The Balaban J connectivity index is 1.62. The van der Waals surface area contributed by atoms with E-state index in [-0.39, 0.29) is 30.3 Å². The molecule has 0 aliphatic heterocycles. The lowest BCUT2D eigenvalue weighted by Crippen LogP contribution is -2.20. The van der Waals surface area contributed by atoms with E-state index in [0.717, 1.165) is 0 Å². The number of amides is 1. The van der Waals surface area contributed by atoms with E-state index in [4.69, 9.17) is 23.7 Å². The van der Waals surface area contributed by atoms with Gasteiger partial charge in [-0.15, -0.1) is 10.2 Å². The number of methoxy groups -OCH3 is 3. The minimum atomic E-state index is -0.421. The highest BCUT2D eigenvalue weighted by molar-refractivity contribution is 5.91. The van der Waals surface area contributed by atoms with Crippen LogP contribution in [0.1, 0.15) is 19.0 Å². The van der Waals surface area contributed by atoms with Crippen molar-refractivity contribution in [2.75, 3.05) is 46.5 Å². The Morgan fingerprint density at radius 3 is 2.33 bits per heavy atom. The van der Waals surface area contributed by atoms with Crippen molar-refractivity contribution in [2.24, 2.45) is 0 Å². The van der Waals surface area contributed by atoms with Gasteiger partial charge in [0.2, 0.25) is 5.91 Å². The molecule has 0 saturated carbocycles. The standard InChI is InChI=1S/C25H30N4O7/c1-5-35-12-13-36-20-9-6-16(14-21(20)33-3)24-27-25(31)18(28-29-24)8-11-23(30)26-17-7-10-19(32-2)22(15-17)34-4/h6-7,9-10,14-15H,5,8,11-13H2,1-4H3,(H,26,30)(H,27,29,31). The van der Waals surface area contributed by atoms with Crippen molar-refractivity contribution < 1.29 is 28.5 Å². The van der Waals surface area contributed by atoms with Gasteiger partial charge >= 0.3 is 0 Å². The molecule has 1 amide bonds. The molecule has 1 heterocycles. The second kappa shape index (κ2) is 13.1. The number of anilines is 1. The molecule has 0 spiro atoms. The molecule has 0 aliphatic rings. The van der Waals surface area contributed by atoms with E-state index in [1.807, 2.05) is 6.92 Å². The molecule has 0 bridgehead atoms. The van der Waals surface area contributed by atoms with Gasteiger partial charge < -0.3 is 34.0 Å². The lowest BCUT2D eigenvalue weighted by atomic mass is 10.2. The summed E-state index contributed by atoms with van der Waals surface area (Å²) in [5.74, 6) is 2.08. The number of hydrogen-bond acceptors (Lipinski definition) is 9. The van der Waals surface area contributed by atoms with E-state index < -0.39 is 5.56 Å². The van der Waals surface area contributed by atoms with Crippen molar-refractivity contribution in [3.63, 3.8) is 0 Å². The molecule has 3 rings (SSSR count). The van der Waals surface area contributed by atoms with E-state index in [1.54, 1.807) is 36.4 Å². The molecule has 0 saturated heterocycles. The Labute approximate surface area is 208 Å². The summed E-state index contributed by atoms with van der Waals surface area (Å²) >= 11 is 0. The van der Waals surface area contributed by atoms with Gasteiger partial charge in [-0.25, -0.2) is 0 Å². The molecule has 0 radical (unpaired) electrons. The van der Waals surface area contributed by atoms with Crippen LogP contribution in [0, 0.1) is 0 Å². The number of ether oxygens (including phenoxy) is 5. The second-order valence-corrected chi connectivity index (χ2v) is 7.48. The molecular weight excluding hydrogens is 468 g/mol. The maximum atomic E-state index is 12.6. The van der Waals surface area contributed by atoms with Gasteiger partial charge in [-0.1, -0.05) is 0 Å². The van der Waals surface area contributed by atoms with E-state index >= 15 is 0 Å². The number of nitrogens with zero attached hydrogens (tertiary/aromatic N) is 2. The summed E-state index contributed by atoms with van der Waals surface area (Å²) in [6.07, 6.45) is 0.171. The lowest BCUT2D eigenvalue weighted by Gasteiger charge is -2.12. The van der Waals surface area contributed by atoms with Crippen molar-refractivity contribution in [2.45, 2.75) is 19.8 Å². The zero-order valence-electron chi connectivity index (χ0n) is 20.8. The number of carbonyl (C=O) groups excluding carboxylic acids is 1. The topological polar surface area (TPSA) is 134 Å². The molecule has 0 fully saturated rings. The summed E-state index contributed by atoms with van der Waals surface area (Å²) in [6, 6.07) is 10.2. The number of rotatable bonds is 13. The Bertz CT molecular complexity index is 1230. The SMILES string of the molecule is CCOCCOc1ccc(-c2nnc(CCC(=O)Nc3ccc(OC)c(OC)c3)c(=O)[nH]2)cc1OC. The molecule has 2 aromatic carbocycles. The number of aryl methyl sites for hydroxylation is 1. The van der Waals surface area contributed by atoms with E-state index in [2.05, 4.69) is 20.5 Å². The molecule has 0 aliphatic carbocycles. The highest BCUT2D eigenvalue weighted by Crippen LogP contribution is 2.31. The zero-order chi connectivity index (χ0) is 25.9. The van der Waals surface area contributed by atoms with Crippen molar-refractivity contribution in [1.29, 1.82) is 0 Å². The number of hydrogen-bond donors (Lipinski definition) is 2. The van der Waals surface area contributed by atoms with Gasteiger partial charge in [0.1, 0.15) is 12.3 Å². The van der Waals surface area contributed by atoms with Gasteiger partial charge in [-0.3, -0.25) is 9.59 Å². The normalized spacial score (nSPS) is 10.6. The fourth-order valence-electron chi connectivity index (χ4n) is 3.31. The monoisotopic (exact) mass is 498 g/mol. The highest BCUT2D eigenvalue weighted by atomic mass is 16.5. The van der Waals surface area contributed by atoms with Crippen LogP contribution in [0.2, 0.25) is 0 Å². The number of aromatic amines is 1. The average Bonchev–Trinajstić information content (AvgIpc) is 2.90. The molecule has 192 valence electrons. The number of H-pyrrole nitrogens is 1. The lowest BCUT2D eigenvalue weighted by molar-refractivity contribution is -0.116. The summed E-state index contributed by atoms with van der Waals surface area (Å²) in [6.45, 7) is 3.38. The number of benzene rings is 2. The van der Waals surface area contributed by atoms with Gasteiger partial charge in [0.05, 0.1) is 27.9 Å². The van der Waals surface area contributed by atoms with Crippen molar-refractivity contribution in [3.8, 4) is 34.4 Å². The molecule has 11 nitrogen and oxygen atoms in total. The van der Waals surface area contributed by atoms with Crippen LogP contribution in [0.15, 0.2) is 41.2 Å². The van der Waals surface area contributed by atoms with Gasteiger partial charge in [0, 0.05) is 36.8 Å². The Kier molecular flexibility index (Phi) is 9.64. The number of aromatic nitrogens is 3. The van der Waals surface area contributed by atoms with Crippen molar-refractivity contribution >= 4 is 11.6 Å². The van der Waals surface area contributed by atoms with Gasteiger partial charge in [-0.05, 0) is 37.3 Å². The summed E-state index contributed by atoms with van der Waals surface area (Å²) < 4.78 is 26.8. The molecule has 0 atom stereocenters. The van der Waals surface area contributed by atoms with Crippen LogP contribution < -0.4 is 29.8 Å². The maximum absolute atomic E-state index is 12.6. The number of carbonyl (C=O) groups is 1. The Morgan fingerprint density at radius 1 is 0.917 bits per heavy atom. The first-order valence-corrected chi connectivity index (χ1v) is 11.4. The van der Waals surface area contributed by atoms with Gasteiger partial charge in [0.25, 0.3) is 5.56 Å². The fourth-order valence-corrected chi connectivity index (χ4v) is 3.31. The summed E-state index contributed by atoms with van der Waals surface area (Å²) in [5, 5.41) is 10.9. The molecule has 0 unspecified atom stereocenters. The predicted molar refractivity (Wildman–Crippen MR) is 133 cm³/mol. The predicted octanol–water partition coefficient (Wildman–Crippen LogP) is 2.84. The molecule has 36 heavy (non-hydrogen) atoms. The largest absolute Gasteiger partial charge is 0.493 e. The first kappa shape index (κ1) is 26.5. The van der Waals surface area contributed by atoms with Gasteiger partial charge in [-0.2, -0.15) is 0 Å². The molecule has 3 aromatic rings. The quantitative estimate of drug-likeness (QED) is 0.341. The van der Waals surface area contributed by atoms with E-state index in [0.29, 0.717) is 54.1 Å². The molecule has 11 heteroatoms. The third-order valence-electron chi connectivity index (χ3n) is 5.15. The zero-order valence-corrected chi connectivity index (χ0v) is 20.8. The van der Waals surface area contributed by atoms with Crippen LogP contribution in [0.25, 0.3) is 11.4 Å². The van der Waals surface area contributed by atoms with Crippen LogP contribution in [-0.2, 0) is 16.0 Å². The molecule has 1 aromatic heterocycles. The van der Waals surface area contributed by atoms with Crippen molar-refractivity contribution in [1.82, 2.24) is 15.2 Å². The summed E-state index contributed by atoms with van der Waals surface area (Å²) in [5.41, 5.74) is 0.887. The Morgan fingerprint density at radius 2 is 1.64 bits per heavy atom. The van der Waals surface area contributed by atoms with Gasteiger partial charge in [0.15, 0.2) is 28.8 Å². The maximum Gasteiger partial charge on any atom is 0.273 e. The highest BCUT2D eigenvalue weighted by Gasteiger charge is 2.13. The minimum absolute atomic E-state index is 0.0487. The Hall–Kier alpha value is -4.12. The first-order valence-electron chi connectivity index (χ1n) is 11.4. The average molecular weight is 499 g/mol. The van der Waals surface area contributed by atoms with Crippen LogP contribution in [0.3, 0.4) is 0 Å². The fraction of sp³-hybridized carbons (Fsp3) is 0.360. The summed E-state index contributed by atoms with van der Waals surface area (Å²) in [4.78, 5) is 27.7. The van der Waals surface area contributed by atoms with Crippen LogP contribution >= 0.6 is 0 Å². The molecule has 2 N–H and O–H groups in total. The van der Waals surface area contributed by atoms with E-state index in [1.165, 1.54) is 21.3 Å². The third kappa shape index (κ3) is 6.95. The van der Waals surface area contributed by atoms with Crippen LogP contribution in [-0.4, -0.2) is 62.2 Å².